The van der Waals surface area contributed by atoms with E-state index >= 15 is 0 Å². The summed E-state index contributed by atoms with van der Waals surface area (Å²) in [7, 11) is 0. The highest BCUT2D eigenvalue weighted by atomic mass is 16.3. The Kier molecular flexibility index (Phi) is 6.61. The van der Waals surface area contributed by atoms with Gasteiger partial charge in [-0.3, -0.25) is 4.79 Å². The van der Waals surface area contributed by atoms with Gasteiger partial charge in [-0.25, -0.2) is 0 Å². The van der Waals surface area contributed by atoms with Crippen molar-refractivity contribution in [2.24, 2.45) is 17.1 Å². The minimum atomic E-state index is -0.418. The number of carbonyl (C=O) groups excluding carboxylic acids is 1. The van der Waals surface area contributed by atoms with E-state index in [2.05, 4.69) is 46.1 Å². The van der Waals surface area contributed by atoms with Crippen LogP contribution in [0.1, 0.15) is 46.6 Å². The Hall–Kier alpha value is -1.81. The summed E-state index contributed by atoms with van der Waals surface area (Å²) in [6.45, 7) is 15.9. The van der Waals surface area contributed by atoms with Crippen molar-refractivity contribution >= 4 is 5.91 Å². The van der Waals surface area contributed by atoms with E-state index < -0.39 is 5.91 Å². The largest absolute Gasteiger partial charge is 0.392 e. The van der Waals surface area contributed by atoms with Crippen LogP contribution >= 0.6 is 0 Å². The van der Waals surface area contributed by atoms with Crippen molar-refractivity contribution in [1.82, 2.24) is 4.90 Å². The standard InChI is InChI=1S/C13H24N2O.C7H8O/c1-9-7-8-15(10(2)11(14)16)13(5,6)12(9,3)4;8-6-7-4-2-1-3-5-7/h9H,2,7-8H2,1,3-6H3,(H2,14,16);1-5,8H,6H2. The van der Waals surface area contributed by atoms with Crippen molar-refractivity contribution in [2.45, 2.75) is 53.2 Å². The average Bonchev–Trinajstić information content (AvgIpc) is 2.54. The molecule has 24 heavy (non-hydrogen) atoms. The molecule has 1 heterocycles. The molecule has 134 valence electrons. The molecular weight excluding hydrogens is 300 g/mol. The summed E-state index contributed by atoms with van der Waals surface area (Å²) in [5.41, 5.74) is 6.76. The maximum Gasteiger partial charge on any atom is 0.264 e. The second-order valence-corrected chi connectivity index (χ2v) is 7.58. The summed E-state index contributed by atoms with van der Waals surface area (Å²) in [6, 6.07) is 9.52. The molecular formula is C20H32N2O2. The first-order valence-electron chi connectivity index (χ1n) is 8.46. The molecule has 0 aromatic heterocycles. The lowest BCUT2D eigenvalue weighted by molar-refractivity contribution is -0.119. The number of likely N-dealkylation sites (tertiary alicyclic amines) is 1. The normalized spacial score (nSPS) is 21.4. The smallest absolute Gasteiger partial charge is 0.264 e. The Morgan fingerprint density at radius 2 is 1.83 bits per heavy atom. The Morgan fingerprint density at radius 1 is 1.29 bits per heavy atom. The monoisotopic (exact) mass is 332 g/mol. The molecule has 4 heteroatoms. The Labute approximate surface area is 146 Å². The van der Waals surface area contributed by atoms with Crippen LogP contribution in [-0.2, 0) is 11.4 Å². The van der Waals surface area contributed by atoms with Gasteiger partial charge >= 0.3 is 0 Å². The highest BCUT2D eigenvalue weighted by Gasteiger charge is 2.49. The summed E-state index contributed by atoms with van der Waals surface area (Å²) < 4.78 is 0. The van der Waals surface area contributed by atoms with E-state index in [1.165, 1.54) is 0 Å². The van der Waals surface area contributed by atoms with E-state index in [4.69, 9.17) is 10.8 Å². The van der Waals surface area contributed by atoms with Gasteiger partial charge in [-0.1, -0.05) is 57.7 Å². The van der Waals surface area contributed by atoms with Crippen molar-refractivity contribution in [3.63, 3.8) is 0 Å². The van der Waals surface area contributed by atoms with E-state index in [1.54, 1.807) is 0 Å². The third-order valence-electron chi connectivity index (χ3n) is 5.90. The predicted molar refractivity (Wildman–Crippen MR) is 99.0 cm³/mol. The molecule has 1 aromatic rings. The number of aliphatic hydroxyl groups excluding tert-OH is 1. The van der Waals surface area contributed by atoms with E-state index in [0.717, 1.165) is 18.5 Å². The zero-order valence-corrected chi connectivity index (χ0v) is 15.7. The maximum atomic E-state index is 11.3. The van der Waals surface area contributed by atoms with Crippen LogP contribution in [0.3, 0.4) is 0 Å². The Balaban J connectivity index is 0.000000300. The van der Waals surface area contributed by atoms with Gasteiger partial charge in [0.2, 0.25) is 0 Å². The van der Waals surface area contributed by atoms with Crippen LogP contribution in [0.4, 0.5) is 0 Å². The fraction of sp³-hybridized carbons (Fsp3) is 0.550. The number of aliphatic hydroxyl groups is 1. The van der Waals surface area contributed by atoms with Crippen molar-refractivity contribution < 1.29 is 9.90 Å². The summed E-state index contributed by atoms with van der Waals surface area (Å²) in [4.78, 5) is 13.3. The molecule has 3 N–H and O–H groups in total. The van der Waals surface area contributed by atoms with Crippen molar-refractivity contribution in [3.05, 3.63) is 48.2 Å². The van der Waals surface area contributed by atoms with Crippen LogP contribution in [0.15, 0.2) is 42.6 Å². The molecule has 1 saturated heterocycles. The second-order valence-electron chi connectivity index (χ2n) is 7.58. The molecule has 1 aliphatic heterocycles. The van der Waals surface area contributed by atoms with Crippen molar-refractivity contribution in [1.29, 1.82) is 0 Å². The summed E-state index contributed by atoms with van der Waals surface area (Å²) in [6.07, 6.45) is 1.07. The molecule has 0 saturated carbocycles. The van der Waals surface area contributed by atoms with Gasteiger partial charge in [0.1, 0.15) is 0 Å². The van der Waals surface area contributed by atoms with E-state index in [1.807, 2.05) is 30.3 Å². The van der Waals surface area contributed by atoms with Crippen LogP contribution in [0.5, 0.6) is 0 Å². The number of nitrogens with two attached hydrogens (primary N) is 1. The zero-order valence-electron chi connectivity index (χ0n) is 15.7. The number of hydrogen-bond acceptors (Lipinski definition) is 3. The molecule has 4 nitrogen and oxygen atoms in total. The molecule has 1 atom stereocenters. The molecule has 1 amide bonds. The van der Waals surface area contributed by atoms with Gasteiger partial charge in [-0.2, -0.15) is 0 Å². The van der Waals surface area contributed by atoms with Gasteiger partial charge in [0.15, 0.2) is 0 Å². The maximum absolute atomic E-state index is 11.3. The molecule has 0 radical (unpaired) electrons. The highest BCUT2D eigenvalue weighted by Crippen LogP contribution is 2.48. The summed E-state index contributed by atoms with van der Waals surface area (Å²) in [5.74, 6) is 0.206. The molecule has 2 rings (SSSR count). The topological polar surface area (TPSA) is 66.6 Å². The number of amides is 1. The van der Waals surface area contributed by atoms with Crippen LogP contribution in [0, 0.1) is 11.3 Å². The average molecular weight is 332 g/mol. The molecule has 1 fully saturated rings. The number of rotatable bonds is 3. The number of nitrogens with zero attached hydrogens (tertiary/aromatic N) is 1. The van der Waals surface area contributed by atoms with Gasteiger partial charge in [-0.15, -0.1) is 0 Å². The quantitative estimate of drug-likeness (QED) is 0.835. The third-order valence-corrected chi connectivity index (χ3v) is 5.90. The first-order valence-corrected chi connectivity index (χ1v) is 8.46. The molecule has 0 aliphatic carbocycles. The van der Waals surface area contributed by atoms with Crippen molar-refractivity contribution in [2.75, 3.05) is 6.54 Å². The van der Waals surface area contributed by atoms with Crippen LogP contribution in [0.2, 0.25) is 0 Å². The Bertz CT molecular complexity index is 564. The number of carbonyl (C=O) groups is 1. The van der Waals surface area contributed by atoms with Gasteiger partial charge < -0.3 is 15.7 Å². The van der Waals surface area contributed by atoms with Gasteiger partial charge in [-0.05, 0) is 37.2 Å². The number of piperidine rings is 1. The van der Waals surface area contributed by atoms with E-state index in [-0.39, 0.29) is 17.6 Å². The lowest BCUT2D eigenvalue weighted by Gasteiger charge is -2.57. The van der Waals surface area contributed by atoms with Crippen LogP contribution in [-0.4, -0.2) is 28.0 Å². The molecule has 0 spiro atoms. The van der Waals surface area contributed by atoms with E-state index in [0.29, 0.717) is 11.6 Å². The van der Waals surface area contributed by atoms with Gasteiger partial charge in [0.05, 0.1) is 12.3 Å². The fourth-order valence-electron chi connectivity index (χ4n) is 3.10. The number of primary amides is 1. The minimum absolute atomic E-state index is 0.100. The van der Waals surface area contributed by atoms with Crippen LogP contribution in [0.25, 0.3) is 0 Å². The lowest BCUT2D eigenvalue weighted by atomic mass is 9.62. The first kappa shape index (κ1) is 20.2. The second kappa shape index (κ2) is 7.84. The first-order chi connectivity index (χ1) is 11.1. The molecule has 1 unspecified atom stereocenters. The minimum Gasteiger partial charge on any atom is -0.392 e. The van der Waals surface area contributed by atoms with Crippen LogP contribution < -0.4 is 5.73 Å². The Morgan fingerprint density at radius 3 is 2.25 bits per heavy atom. The summed E-state index contributed by atoms with van der Waals surface area (Å²) in [5, 5.41) is 8.54. The molecule has 0 bridgehead atoms. The number of hydrogen-bond donors (Lipinski definition) is 2. The van der Waals surface area contributed by atoms with Gasteiger partial charge in [0.25, 0.3) is 5.91 Å². The number of benzene rings is 1. The van der Waals surface area contributed by atoms with Crippen molar-refractivity contribution in [3.8, 4) is 0 Å². The molecule has 1 aliphatic rings. The fourth-order valence-corrected chi connectivity index (χ4v) is 3.10. The zero-order chi connectivity index (χ0) is 18.5. The third kappa shape index (κ3) is 4.18. The van der Waals surface area contributed by atoms with Gasteiger partial charge in [0, 0.05) is 12.1 Å². The lowest BCUT2D eigenvalue weighted by Crippen LogP contribution is -2.61. The molecule has 1 aromatic carbocycles. The summed E-state index contributed by atoms with van der Waals surface area (Å²) >= 11 is 0. The van der Waals surface area contributed by atoms with E-state index in [9.17, 15) is 4.79 Å². The highest BCUT2D eigenvalue weighted by molar-refractivity contribution is 5.90. The SMILES string of the molecule is C=C(C(N)=O)N1CCC(C)C(C)(C)C1(C)C.OCc1ccccc1. The predicted octanol–water partition coefficient (Wildman–Crippen LogP) is 3.31.